The van der Waals surface area contributed by atoms with Crippen LogP contribution in [0.2, 0.25) is 0 Å². The molecule has 0 radical (unpaired) electrons. The maximum Gasteiger partial charge on any atom is 0.192 e. The van der Waals surface area contributed by atoms with Crippen molar-refractivity contribution >= 4 is 0 Å². The predicted octanol–water partition coefficient (Wildman–Crippen LogP) is 1.46. The van der Waals surface area contributed by atoms with E-state index in [9.17, 15) is 0 Å². The second-order valence-corrected chi connectivity index (χ2v) is 2.53. The average Bonchev–Trinajstić information content (AvgIpc) is 2.17. The normalized spacial score (nSPS) is 19.8. The van der Waals surface area contributed by atoms with Crippen LogP contribution in [0.1, 0.15) is 0 Å². The molecule has 2 heteroatoms. The second-order valence-electron chi connectivity index (χ2n) is 2.53. The molecule has 12 heavy (non-hydrogen) atoms. The smallest absolute Gasteiger partial charge is 0.192 e. The summed E-state index contributed by atoms with van der Waals surface area (Å²) in [7, 11) is 0. The number of terminal acetylenes is 1. The van der Waals surface area contributed by atoms with Gasteiger partial charge in [0.25, 0.3) is 0 Å². The number of hydrogen-bond acceptors (Lipinski definition) is 2. The summed E-state index contributed by atoms with van der Waals surface area (Å²) in [6.07, 6.45) is 4.96. The Morgan fingerprint density at radius 1 is 1.33 bits per heavy atom. The summed E-state index contributed by atoms with van der Waals surface area (Å²) in [5.74, 6) is 3.99. The van der Waals surface area contributed by atoms with E-state index in [4.69, 9.17) is 15.9 Å². The zero-order valence-corrected chi connectivity index (χ0v) is 6.49. The Morgan fingerprint density at radius 2 is 2.08 bits per heavy atom. The second kappa shape index (κ2) is 2.78. The van der Waals surface area contributed by atoms with Gasteiger partial charge in [-0.25, -0.2) is 0 Å². The Labute approximate surface area is 71.1 Å². The number of ether oxygens (including phenoxy) is 2. The van der Waals surface area contributed by atoms with Gasteiger partial charge in [0.1, 0.15) is 6.61 Å². The minimum absolute atomic E-state index is 0.250. The molecule has 60 valence electrons. The Morgan fingerprint density at radius 3 is 2.83 bits per heavy atom. The van der Waals surface area contributed by atoms with E-state index in [1.165, 1.54) is 0 Å². The molecule has 2 rings (SSSR count). The molecule has 0 amide bonds. The van der Waals surface area contributed by atoms with Crippen LogP contribution in [0.15, 0.2) is 24.3 Å². The summed E-state index contributed by atoms with van der Waals surface area (Å²) in [6, 6.07) is 7.50. The Kier molecular flexibility index (Phi) is 1.64. The van der Waals surface area contributed by atoms with Crippen molar-refractivity contribution in [2.24, 2.45) is 0 Å². The molecule has 2 nitrogen and oxygen atoms in total. The van der Waals surface area contributed by atoms with Crippen molar-refractivity contribution in [2.45, 2.75) is 6.10 Å². The van der Waals surface area contributed by atoms with E-state index in [0.717, 1.165) is 11.5 Å². The van der Waals surface area contributed by atoms with Gasteiger partial charge in [-0.15, -0.1) is 6.42 Å². The highest BCUT2D eigenvalue weighted by atomic mass is 16.6. The highest BCUT2D eigenvalue weighted by Gasteiger charge is 2.17. The molecule has 0 N–H and O–H groups in total. The van der Waals surface area contributed by atoms with E-state index < -0.39 is 0 Å². The molecule has 1 aliphatic rings. The fourth-order valence-corrected chi connectivity index (χ4v) is 1.10. The van der Waals surface area contributed by atoms with Gasteiger partial charge in [0.05, 0.1) is 0 Å². The van der Waals surface area contributed by atoms with E-state index in [1.54, 1.807) is 0 Å². The molecule has 0 bridgehead atoms. The van der Waals surface area contributed by atoms with Crippen molar-refractivity contribution in [2.75, 3.05) is 6.61 Å². The van der Waals surface area contributed by atoms with Gasteiger partial charge in [0.2, 0.25) is 0 Å². The number of para-hydroxylation sites is 2. The highest BCUT2D eigenvalue weighted by molar-refractivity contribution is 5.41. The first-order valence-electron chi connectivity index (χ1n) is 3.75. The zero-order valence-electron chi connectivity index (χ0n) is 6.49. The largest absolute Gasteiger partial charge is 0.485 e. The van der Waals surface area contributed by atoms with E-state index in [2.05, 4.69) is 5.92 Å². The Balaban J connectivity index is 2.30. The SMILES string of the molecule is C#C[C@H]1COc2ccccc2O1. The van der Waals surface area contributed by atoms with Crippen LogP contribution in [0, 0.1) is 12.3 Å². The van der Waals surface area contributed by atoms with Crippen LogP contribution < -0.4 is 9.47 Å². The number of benzene rings is 1. The van der Waals surface area contributed by atoms with Crippen LogP contribution in [-0.4, -0.2) is 12.7 Å². The number of hydrogen-bond donors (Lipinski definition) is 0. The molecule has 0 aromatic heterocycles. The van der Waals surface area contributed by atoms with Crippen LogP contribution in [0.3, 0.4) is 0 Å². The summed E-state index contributed by atoms with van der Waals surface area (Å²) < 4.78 is 10.8. The third-order valence-electron chi connectivity index (χ3n) is 1.69. The van der Waals surface area contributed by atoms with Gasteiger partial charge >= 0.3 is 0 Å². The van der Waals surface area contributed by atoms with E-state index in [-0.39, 0.29) is 6.10 Å². The molecule has 0 saturated carbocycles. The van der Waals surface area contributed by atoms with E-state index in [1.807, 2.05) is 24.3 Å². The van der Waals surface area contributed by atoms with Gasteiger partial charge in [-0.05, 0) is 12.1 Å². The molecule has 0 spiro atoms. The lowest BCUT2D eigenvalue weighted by atomic mass is 10.3. The molecular formula is C10H8O2. The molecule has 0 aliphatic carbocycles. The predicted molar refractivity (Wildman–Crippen MR) is 45.2 cm³/mol. The lowest BCUT2D eigenvalue weighted by Crippen LogP contribution is -2.27. The highest BCUT2D eigenvalue weighted by Crippen LogP contribution is 2.30. The minimum Gasteiger partial charge on any atom is -0.485 e. The van der Waals surface area contributed by atoms with Crippen molar-refractivity contribution in [1.82, 2.24) is 0 Å². The van der Waals surface area contributed by atoms with Gasteiger partial charge in [-0.2, -0.15) is 0 Å². The maximum atomic E-state index is 5.42. The van der Waals surface area contributed by atoms with Gasteiger partial charge < -0.3 is 9.47 Å². The van der Waals surface area contributed by atoms with Crippen LogP contribution >= 0.6 is 0 Å². The first-order chi connectivity index (χ1) is 5.90. The van der Waals surface area contributed by atoms with Crippen molar-refractivity contribution in [3.05, 3.63) is 24.3 Å². The standard InChI is InChI=1S/C10H8O2/c1-2-8-7-11-9-5-3-4-6-10(9)12-8/h1,3-6,8H,7H2/t8-/m0/s1. The fourth-order valence-electron chi connectivity index (χ4n) is 1.10. The topological polar surface area (TPSA) is 18.5 Å². The monoisotopic (exact) mass is 160 g/mol. The van der Waals surface area contributed by atoms with Crippen LogP contribution in [0.5, 0.6) is 11.5 Å². The molecule has 1 aromatic rings. The summed E-state index contributed by atoms with van der Waals surface area (Å²) in [4.78, 5) is 0. The van der Waals surface area contributed by atoms with Crippen molar-refractivity contribution < 1.29 is 9.47 Å². The molecule has 0 fully saturated rings. The number of rotatable bonds is 0. The van der Waals surface area contributed by atoms with Gasteiger partial charge in [-0.1, -0.05) is 18.1 Å². The van der Waals surface area contributed by atoms with Gasteiger partial charge in [0, 0.05) is 0 Å². The van der Waals surface area contributed by atoms with Crippen molar-refractivity contribution in [1.29, 1.82) is 0 Å². The fraction of sp³-hybridized carbons (Fsp3) is 0.200. The third kappa shape index (κ3) is 1.10. The Bertz CT molecular complexity index is 325. The molecule has 1 aliphatic heterocycles. The first-order valence-corrected chi connectivity index (χ1v) is 3.75. The lowest BCUT2D eigenvalue weighted by Gasteiger charge is -2.22. The zero-order chi connectivity index (χ0) is 8.39. The molecule has 0 unspecified atom stereocenters. The summed E-state index contributed by atoms with van der Waals surface area (Å²) >= 11 is 0. The molecule has 1 atom stereocenters. The average molecular weight is 160 g/mol. The summed E-state index contributed by atoms with van der Waals surface area (Å²) in [5.41, 5.74) is 0. The summed E-state index contributed by atoms with van der Waals surface area (Å²) in [6.45, 7) is 0.438. The first kappa shape index (κ1) is 7.05. The summed E-state index contributed by atoms with van der Waals surface area (Å²) in [5, 5.41) is 0. The molecule has 1 heterocycles. The maximum absolute atomic E-state index is 5.42. The molecular weight excluding hydrogens is 152 g/mol. The van der Waals surface area contributed by atoms with Crippen molar-refractivity contribution in [3.63, 3.8) is 0 Å². The minimum atomic E-state index is -0.250. The van der Waals surface area contributed by atoms with Crippen LogP contribution in [0.4, 0.5) is 0 Å². The van der Waals surface area contributed by atoms with Crippen LogP contribution in [-0.2, 0) is 0 Å². The lowest BCUT2D eigenvalue weighted by molar-refractivity contribution is 0.129. The quantitative estimate of drug-likeness (QED) is 0.535. The number of fused-ring (bicyclic) bond motifs is 1. The Hall–Kier alpha value is -1.62. The van der Waals surface area contributed by atoms with Gasteiger partial charge in [-0.3, -0.25) is 0 Å². The molecule has 1 aromatic carbocycles. The van der Waals surface area contributed by atoms with Crippen LogP contribution in [0.25, 0.3) is 0 Å². The van der Waals surface area contributed by atoms with Crippen molar-refractivity contribution in [3.8, 4) is 23.8 Å². The third-order valence-corrected chi connectivity index (χ3v) is 1.69. The van der Waals surface area contributed by atoms with Gasteiger partial charge in [0.15, 0.2) is 17.6 Å². The molecule has 0 saturated heterocycles. The van der Waals surface area contributed by atoms with E-state index in [0.29, 0.717) is 6.61 Å². The van der Waals surface area contributed by atoms with E-state index >= 15 is 0 Å².